The molecular weight excluding hydrogens is 337 g/mol. The average molecular weight is 353 g/mol. The maximum absolute atomic E-state index is 14.4. The molecule has 3 rings (SSSR count). The number of piperidine rings is 1. The number of nitrogens with zero attached hydrogens (tertiary/aromatic N) is 1. The van der Waals surface area contributed by atoms with Crippen LogP contribution >= 0.6 is 0 Å². The number of hydrogen-bond acceptors (Lipinski definition) is 4. The zero-order chi connectivity index (χ0) is 18.9. The monoisotopic (exact) mass is 353 g/mol. The number of halogens is 1. The number of nitrogens with two attached hydrogens (primary N) is 1. The SMILES string of the molecule is N#C[C@@H]1[C@H](c2ccccc2F)[C@@H](C(N)=O)C(=O)N[C@@]1(O)c1ccccc1. The summed E-state index contributed by atoms with van der Waals surface area (Å²) >= 11 is 0. The number of nitriles is 1. The van der Waals surface area contributed by atoms with Gasteiger partial charge in [0.2, 0.25) is 11.8 Å². The Balaban J connectivity index is 2.22. The summed E-state index contributed by atoms with van der Waals surface area (Å²) in [7, 11) is 0. The van der Waals surface area contributed by atoms with E-state index in [9.17, 15) is 24.3 Å². The Bertz CT molecular complexity index is 896. The summed E-state index contributed by atoms with van der Waals surface area (Å²) in [6, 6.07) is 15.5. The van der Waals surface area contributed by atoms with Gasteiger partial charge in [0.05, 0.1) is 6.07 Å². The van der Waals surface area contributed by atoms with E-state index in [1.807, 2.05) is 6.07 Å². The van der Waals surface area contributed by atoms with Crippen molar-refractivity contribution < 1.29 is 19.1 Å². The summed E-state index contributed by atoms with van der Waals surface area (Å²) in [6.07, 6.45) is 0. The van der Waals surface area contributed by atoms with Crippen molar-refractivity contribution >= 4 is 11.8 Å². The molecule has 0 spiro atoms. The fourth-order valence-corrected chi connectivity index (χ4v) is 3.49. The molecule has 1 saturated heterocycles. The highest BCUT2D eigenvalue weighted by Gasteiger charge is 2.56. The van der Waals surface area contributed by atoms with Crippen LogP contribution in [0.25, 0.3) is 0 Å². The smallest absolute Gasteiger partial charge is 0.235 e. The highest BCUT2D eigenvalue weighted by atomic mass is 19.1. The molecule has 1 aliphatic heterocycles. The molecular formula is C19H16FN3O3. The molecule has 0 saturated carbocycles. The van der Waals surface area contributed by atoms with Gasteiger partial charge in [-0.05, 0) is 11.6 Å². The van der Waals surface area contributed by atoms with Gasteiger partial charge in [0, 0.05) is 11.5 Å². The minimum Gasteiger partial charge on any atom is -0.369 e. The first-order chi connectivity index (χ1) is 12.4. The van der Waals surface area contributed by atoms with Crippen LogP contribution < -0.4 is 11.1 Å². The first kappa shape index (κ1) is 17.6. The highest BCUT2D eigenvalue weighted by Crippen LogP contribution is 2.45. The van der Waals surface area contributed by atoms with Gasteiger partial charge >= 0.3 is 0 Å². The number of aliphatic hydroxyl groups is 1. The van der Waals surface area contributed by atoms with Crippen molar-refractivity contribution in [1.82, 2.24) is 5.32 Å². The Morgan fingerprint density at radius 3 is 2.38 bits per heavy atom. The topological polar surface area (TPSA) is 116 Å². The number of carbonyl (C=O) groups excluding carboxylic acids is 2. The van der Waals surface area contributed by atoms with Gasteiger partial charge in [0.25, 0.3) is 0 Å². The summed E-state index contributed by atoms with van der Waals surface area (Å²) in [6.45, 7) is 0. The van der Waals surface area contributed by atoms with Crippen molar-refractivity contribution in [3.8, 4) is 6.07 Å². The van der Waals surface area contributed by atoms with Crippen molar-refractivity contribution in [2.45, 2.75) is 11.6 Å². The normalized spacial score (nSPS) is 28.0. The second-order valence-corrected chi connectivity index (χ2v) is 6.16. The molecule has 0 bridgehead atoms. The van der Waals surface area contributed by atoms with Gasteiger partial charge in [-0.15, -0.1) is 0 Å². The van der Waals surface area contributed by atoms with Gasteiger partial charge in [-0.1, -0.05) is 48.5 Å². The van der Waals surface area contributed by atoms with Crippen molar-refractivity contribution in [3.63, 3.8) is 0 Å². The number of amides is 2. The predicted octanol–water partition coefficient (Wildman–Crippen LogP) is 1.13. The van der Waals surface area contributed by atoms with E-state index in [1.165, 1.54) is 30.3 Å². The molecule has 2 aromatic carbocycles. The van der Waals surface area contributed by atoms with Gasteiger partial charge in [-0.2, -0.15) is 5.26 Å². The van der Waals surface area contributed by atoms with Crippen LogP contribution in [0.1, 0.15) is 17.0 Å². The molecule has 6 nitrogen and oxygen atoms in total. The largest absolute Gasteiger partial charge is 0.369 e. The van der Waals surface area contributed by atoms with E-state index in [0.717, 1.165) is 6.07 Å². The third-order valence-electron chi connectivity index (χ3n) is 4.69. The molecule has 4 N–H and O–H groups in total. The first-order valence-corrected chi connectivity index (χ1v) is 7.93. The first-order valence-electron chi connectivity index (χ1n) is 7.93. The van der Waals surface area contributed by atoms with Gasteiger partial charge in [-0.3, -0.25) is 9.59 Å². The number of nitrogens with one attached hydrogen (secondary N) is 1. The summed E-state index contributed by atoms with van der Waals surface area (Å²) < 4.78 is 14.4. The van der Waals surface area contributed by atoms with Crippen LogP contribution in [0.5, 0.6) is 0 Å². The molecule has 26 heavy (non-hydrogen) atoms. The number of hydrogen-bond donors (Lipinski definition) is 3. The molecule has 7 heteroatoms. The van der Waals surface area contributed by atoms with Crippen molar-refractivity contribution in [2.24, 2.45) is 17.6 Å². The Morgan fingerprint density at radius 1 is 1.19 bits per heavy atom. The summed E-state index contributed by atoms with van der Waals surface area (Å²) in [5.74, 6) is -6.60. The van der Waals surface area contributed by atoms with E-state index in [4.69, 9.17) is 5.73 Å². The summed E-state index contributed by atoms with van der Waals surface area (Å²) in [5, 5.41) is 23.3. The lowest BCUT2D eigenvalue weighted by Gasteiger charge is -2.44. The van der Waals surface area contributed by atoms with E-state index in [0.29, 0.717) is 0 Å². The fourth-order valence-electron chi connectivity index (χ4n) is 3.49. The Labute approximate surface area is 149 Å². The summed E-state index contributed by atoms with van der Waals surface area (Å²) in [4.78, 5) is 24.5. The van der Waals surface area contributed by atoms with Crippen LogP contribution in [-0.2, 0) is 15.3 Å². The Hall–Kier alpha value is -3.24. The zero-order valence-corrected chi connectivity index (χ0v) is 13.6. The fraction of sp³-hybridized carbons (Fsp3) is 0.211. The zero-order valence-electron chi connectivity index (χ0n) is 13.6. The van der Waals surface area contributed by atoms with E-state index in [1.54, 1.807) is 18.2 Å². The Morgan fingerprint density at radius 2 is 1.81 bits per heavy atom. The quantitative estimate of drug-likeness (QED) is 0.717. The van der Waals surface area contributed by atoms with Crippen molar-refractivity contribution in [2.75, 3.05) is 0 Å². The van der Waals surface area contributed by atoms with Gasteiger partial charge < -0.3 is 16.2 Å². The van der Waals surface area contributed by atoms with Crippen LogP contribution in [0.3, 0.4) is 0 Å². The molecule has 132 valence electrons. The van der Waals surface area contributed by atoms with Crippen molar-refractivity contribution in [1.29, 1.82) is 5.26 Å². The second-order valence-electron chi connectivity index (χ2n) is 6.16. The van der Waals surface area contributed by atoms with Gasteiger partial charge in [-0.25, -0.2) is 4.39 Å². The molecule has 2 amide bonds. The average Bonchev–Trinajstić information content (AvgIpc) is 2.62. The molecule has 4 atom stereocenters. The number of benzene rings is 2. The lowest BCUT2D eigenvalue weighted by atomic mass is 9.67. The minimum atomic E-state index is -2.09. The number of carbonyl (C=O) groups is 2. The van der Waals surface area contributed by atoms with E-state index >= 15 is 0 Å². The lowest BCUT2D eigenvalue weighted by Crippen LogP contribution is -2.62. The Kier molecular flexibility index (Phi) is 4.45. The van der Waals surface area contributed by atoms with Gasteiger partial charge in [0.15, 0.2) is 5.72 Å². The molecule has 0 radical (unpaired) electrons. The predicted molar refractivity (Wildman–Crippen MR) is 89.4 cm³/mol. The number of rotatable bonds is 3. The second kappa shape index (κ2) is 6.58. The van der Waals surface area contributed by atoms with Crippen LogP contribution in [-0.4, -0.2) is 16.9 Å². The van der Waals surface area contributed by atoms with Crippen LogP contribution in [0.2, 0.25) is 0 Å². The standard InChI is InChI=1S/C19H16FN3O3/c20-14-9-5-4-8-12(14)15-13(10-21)19(26,11-6-2-1-3-7-11)23-18(25)16(15)17(22)24/h1-9,13,15-16,26H,(H2,22,24)(H,23,25)/t13-,15+,16+,19-/m1/s1. The third-order valence-corrected chi connectivity index (χ3v) is 4.69. The molecule has 0 aromatic heterocycles. The van der Waals surface area contributed by atoms with Crippen LogP contribution in [0, 0.1) is 29.0 Å². The van der Waals surface area contributed by atoms with Crippen LogP contribution in [0.4, 0.5) is 4.39 Å². The van der Waals surface area contributed by atoms with E-state index in [2.05, 4.69) is 5.32 Å². The molecule has 0 unspecified atom stereocenters. The van der Waals surface area contributed by atoms with Gasteiger partial charge in [0.1, 0.15) is 17.7 Å². The maximum atomic E-state index is 14.4. The maximum Gasteiger partial charge on any atom is 0.235 e. The number of primary amides is 1. The molecule has 1 fully saturated rings. The van der Waals surface area contributed by atoms with E-state index in [-0.39, 0.29) is 11.1 Å². The molecule has 1 aliphatic rings. The van der Waals surface area contributed by atoms with Crippen molar-refractivity contribution in [3.05, 3.63) is 71.5 Å². The molecule has 2 aromatic rings. The molecule has 1 heterocycles. The van der Waals surface area contributed by atoms with Crippen LogP contribution in [0.15, 0.2) is 54.6 Å². The highest BCUT2D eigenvalue weighted by molar-refractivity contribution is 6.01. The lowest BCUT2D eigenvalue weighted by molar-refractivity contribution is -0.153. The third kappa shape index (κ3) is 2.70. The minimum absolute atomic E-state index is 0.0212. The molecule has 0 aliphatic carbocycles. The van der Waals surface area contributed by atoms with E-state index < -0.39 is 41.1 Å². The summed E-state index contributed by atoms with van der Waals surface area (Å²) in [5.41, 5.74) is 3.51.